The Bertz CT molecular complexity index is 913. The number of aromatic amines is 1. The lowest BCUT2D eigenvalue weighted by molar-refractivity contribution is -0.252. The van der Waals surface area contributed by atoms with Crippen molar-refractivity contribution < 1.29 is 10.1 Å². The highest BCUT2D eigenvalue weighted by Gasteiger charge is 2.12. The van der Waals surface area contributed by atoms with Crippen LogP contribution in [-0.4, -0.2) is 15.0 Å². The standard InChI is InChI=1S/C17H16N4O3/c1-12-16(17(22)21(20-12)14-8-3-2-4-9-14)19-18-15-10-6-5-7-13(15)11-24-23/h2-10,20,23H,11H2,1H3. The van der Waals surface area contributed by atoms with Crippen LogP contribution in [0.2, 0.25) is 0 Å². The first-order chi connectivity index (χ1) is 11.7. The van der Waals surface area contributed by atoms with Crippen molar-refractivity contribution in [3.63, 3.8) is 0 Å². The highest BCUT2D eigenvalue weighted by atomic mass is 17.1. The molecular weight excluding hydrogens is 308 g/mol. The summed E-state index contributed by atoms with van der Waals surface area (Å²) >= 11 is 0. The molecule has 1 aromatic heterocycles. The van der Waals surface area contributed by atoms with Crippen molar-refractivity contribution in [1.29, 1.82) is 0 Å². The molecule has 1 heterocycles. The molecule has 0 aliphatic carbocycles. The van der Waals surface area contributed by atoms with Crippen LogP contribution < -0.4 is 5.56 Å². The Morgan fingerprint density at radius 3 is 2.54 bits per heavy atom. The van der Waals surface area contributed by atoms with E-state index >= 15 is 0 Å². The van der Waals surface area contributed by atoms with Gasteiger partial charge in [0.05, 0.1) is 17.1 Å². The summed E-state index contributed by atoms with van der Waals surface area (Å²) in [6.45, 7) is 1.76. The van der Waals surface area contributed by atoms with Crippen LogP contribution in [0.25, 0.3) is 5.69 Å². The molecule has 0 saturated heterocycles. The van der Waals surface area contributed by atoms with Crippen LogP contribution in [0.4, 0.5) is 11.4 Å². The second kappa shape index (κ2) is 7.03. The molecule has 0 unspecified atom stereocenters. The van der Waals surface area contributed by atoms with Gasteiger partial charge in [-0.25, -0.2) is 9.57 Å². The number of aryl methyl sites for hydroxylation is 1. The molecule has 2 aromatic carbocycles. The third-order valence-corrected chi connectivity index (χ3v) is 3.52. The normalized spacial score (nSPS) is 11.2. The molecule has 0 saturated carbocycles. The second-order valence-electron chi connectivity index (χ2n) is 5.16. The number of H-pyrrole nitrogens is 1. The van der Waals surface area contributed by atoms with Gasteiger partial charge in [-0.2, -0.15) is 0 Å². The van der Waals surface area contributed by atoms with Crippen LogP contribution in [0.15, 0.2) is 69.6 Å². The Balaban J connectivity index is 1.97. The molecule has 0 bridgehead atoms. The van der Waals surface area contributed by atoms with Gasteiger partial charge < -0.3 is 0 Å². The van der Waals surface area contributed by atoms with Crippen LogP contribution in [-0.2, 0) is 11.5 Å². The summed E-state index contributed by atoms with van der Waals surface area (Å²) < 4.78 is 1.42. The first-order valence-corrected chi connectivity index (χ1v) is 7.33. The molecule has 0 spiro atoms. The molecule has 3 rings (SSSR count). The number of nitrogens with one attached hydrogen (secondary N) is 1. The summed E-state index contributed by atoms with van der Waals surface area (Å²) in [6, 6.07) is 16.3. The van der Waals surface area contributed by atoms with Crippen LogP contribution in [0, 0.1) is 6.92 Å². The van der Waals surface area contributed by atoms with Crippen molar-refractivity contribution in [3.8, 4) is 5.69 Å². The molecule has 0 atom stereocenters. The summed E-state index contributed by atoms with van der Waals surface area (Å²) in [6.07, 6.45) is 0. The molecule has 2 N–H and O–H groups in total. The molecule has 0 aliphatic heterocycles. The van der Waals surface area contributed by atoms with Gasteiger partial charge >= 0.3 is 0 Å². The van der Waals surface area contributed by atoms with Gasteiger partial charge in [0.25, 0.3) is 5.56 Å². The van der Waals surface area contributed by atoms with Gasteiger partial charge in [-0.1, -0.05) is 36.4 Å². The SMILES string of the molecule is Cc1[nH]n(-c2ccccc2)c(=O)c1N=Nc1ccccc1COO. The largest absolute Gasteiger partial charge is 0.299 e. The zero-order valence-electron chi connectivity index (χ0n) is 13.0. The summed E-state index contributed by atoms with van der Waals surface area (Å²) in [4.78, 5) is 16.7. The molecular formula is C17H16N4O3. The molecule has 0 radical (unpaired) electrons. The van der Waals surface area contributed by atoms with E-state index in [1.54, 1.807) is 31.2 Å². The molecule has 0 fully saturated rings. The van der Waals surface area contributed by atoms with Crippen LogP contribution >= 0.6 is 0 Å². The van der Waals surface area contributed by atoms with Gasteiger partial charge in [-0.15, -0.1) is 10.2 Å². The highest BCUT2D eigenvalue weighted by molar-refractivity contribution is 5.47. The third kappa shape index (κ3) is 3.17. The maximum Gasteiger partial charge on any atom is 0.299 e. The number of para-hydroxylation sites is 1. The van der Waals surface area contributed by atoms with Crippen molar-refractivity contribution in [2.45, 2.75) is 13.5 Å². The fourth-order valence-corrected chi connectivity index (χ4v) is 2.32. The van der Waals surface area contributed by atoms with Crippen molar-refractivity contribution in [2.24, 2.45) is 10.2 Å². The second-order valence-corrected chi connectivity index (χ2v) is 5.16. The Kier molecular flexibility index (Phi) is 4.64. The lowest BCUT2D eigenvalue weighted by Gasteiger charge is -2.01. The van der Waals surface area contributed by atoms with E-state index in [0.717, 1.165) is 5.69 Å². The first kappa shape index (κ1) is 15.9. The molecule has 0 aliphatic rings. The third-order valence-electron chi connectivity index (χ3n) is 3.52. The van der Waals surface area contributed by atoms with E-state index in [2.05, 4.69) is 20.2 Å². The van der Waals surface area contributed by atoms with E-state index in [-0.39, 0.29) is 17.9 Å². The Morgan fingerprint density at radius 2 is 1.79 bits per heavy atom. The topological polar surface area (TPSA) is 92.0 Å². The average molecular weight is 324 g/mol. The fourth-order valence-electron chi connectivity index (χ4n) is 2.32. The van der Waals surface area contributed by atoms with Gasteiger partial charge in [0, 0.05) is 5.56 Å². The van der Waals surface area contributed by atoms with Crippen molar-refractivity contribution >= 4 is 11.4 Å². The molecule has 24 heavy (non-hydrogen) atoms. The number of hydrogen-bond acceptors (Lipinski definition) is 5. The predicted molar refractivity (Wildman–Crippen MR) is 89.2 cm³/mol. The summed E-state index contributed by atoms with van der Waals surface area (Å²) in [5.41, 5.74) is 2.49. The zero-order valence-corrected chi connectivity index (χ0v) is 13.0. The van der Waals surface area contributed by atoms with Gasteiger partial charge in [0.1, 0.15) is 6.61 Å². The number of rotatable bonds is 5. The maximum atomic E-state index is 12.5. The quantitative estimate of drug-likeness (QED) is 0.424. The maximum absolute atomic E-state index is 12.5. The lowest BCUT2D eigenvalue weighted by atomic mass is 10.2. The zero-order chi connectivity index (χ0) is 16.9. The summed E-state index contributed by atoms with van der Waals surface area (Å²) in [5, 5.41) is 19.8. The van der Waals surface area contributed by atoms with Crippen molar-refractivity contribution in [3.05, 3.63) is 76.2 Å². The molecule has 7 nitrogen and oxygen atoms in total. The monoisotopic (exact) mass is 324 g/mol. The minimum absolute atomic E-state index is 0.00440. The Labute approximate surface area is 137 Å². The van der Waals surface area contributed by atoms with E-state index in [0.29, 0.717) is 16.9 Å². The Hall–Kier alpha value is -3.03. The minimum atomic E-state index is -0.279. The number of nitrogens with zero attached hydrogens (tertiary/aromatic N) is 3. The van der Waals surface area contributed by atoms with Crippen molar-refractivity contribution in [1.82, 2.24) is 9.78 Å². The molecule has 122 valence electrons. The summed E-state index contributed by atoms with van der Waals surface area (Å²) in [5.74, 6) is 0. The van der Waals surface area contributed by atoms with Gasteiger partial charge in [-0.05, 0) is 25.1 Å². The van der Waals surface area contributed by atoms with Gasteiger partial charge in [0.15, 0.2) is 5.69 Å². The van der Waals surface area contributed by atoms with Crippen molar-refractivity contribution in [2.75, 3.05) is 0 Å². The number of aromatic nitrogens is 2. The minimum Gasteiger partial charge on any atom is -0.293 e. The number of benzene rings is 2. The highest BCUT2D eigenvalue weighted by Crippen LogP contribution is 2.23. The number of hydrogen-bond donors (Lipinski definition) is 2. The number of azo groups is 1. The lowest BCUT2D eigenvalue weighted by Crippen LogP contribution is -2.13. The smallest absolute Gasteiger partial charge is 0.293 e. The molecule has 3 aromatic rings. The molecule has 0 amide bonds. The van der Waals surface area contributed by atoms with E-state index < -0.39 is 0 Å². The first-order valence-electron chi connectivity index (χ1n) is 7.33. The van der Waals surface area contributed by atoms with Gasteiger partial charge in [0.2, 0.25) is 0 Å². The summed E-state index contributed by atoms with van der Waals surface area (Å²) in [7, 11) is 0. The van der Waals surface area contributed by atoms with E-state index in [1.807, 2.05) is 30.3 Å². The van der Waals surface area contributed by atoms with Crippen LogP contribution in [0.5, 0.6) is 0 Å². The van der Waals surface area contributed by atoms with E-state index in [1.165, 1.54) is 4.68 Å². The van der Waals surface area contributed by atoms with Crippen LogP contribution in [0.1, 0.15) is 11.3 Å². The van der Waals surface area contributed by atoms with Gasteiger partial charge in [-0.3, -0.25) is 15.2 Å². The predicted octanol–water partition coefficient (Wildman–Crippen LogP) is 3.88. The Morgan fingerprint density at radius 1 is 1.08 bits per heavy atom. The van der Waals surface area contributed by atoms with E-state index in [4.69, 9.17) is 5.26 Å². The fraction of sp³-hybridized carbons (Fsp3) is 0.118. The molecule has 7 heteroatoms. The average Bonchev–Trinajstić information content (AvgIpc) is 2.89. The van der Waals surface area contributed by atoms with E-state index in [9.17, 15) is 4.79 Å². The van der Waals surface area contributed by atoms with Crippen LogP contribution in [0.3, 0.4) is 0 Å².